The molecule has 0 saturated heterocycles. The van der Waals surface area contributed by atoms with Gasteiger partial charge in [-0.15, -0.1) is 0 Å². The normalized spacial score (nSPS) is 10.3. The number of aryl methyl sites for hydroxylation is 1. The average molecular weight is 385 g/mol. The average Bonchev–Trinajstić information content (AvgIpc) is 2.37. The number of halogens is 2. The van der Waals surface area contributed by atoms with E-state index in [4.69, 9.17) is 4.74 Å². The number of nitrogens with one attached hydrogen (secondary N) is 1. The summed E-state index contributed by atoms with van der Waals surface area (Å²) >= 11 is 7.06. The highest BCUT2D eigenvalue weighted by atomic mass is 79.9. The maximum Gasteiger partial charge on any atom is 0.119 e. The zero-order valence-electron chi connectivity index (χ0n) is 10.8. The molecule has 0 aliphatic rings. The van der Waals surface area contributed by atoms with E-state index in [9.17, 15) is 0 Å². The molecular weight excluding hydrogens is 370 g/mol. The molecule has 2 aromatic rings. The summed E-state index contributed by atoms with van der Waals surface area (Å²) in [6.07, 6.45) is 0. The Labute approximate surface area is 130 Å². The second-order valence-corrected chi connectivity index (χ2v) is 6.10. The molecule has 2 nitrogen and oxygen atoms in total. The third-order valence-corrected chi connectivity index (χ3v) is 4.01. The monoisotopic (exact) mass is 383 g/mol. The maximum absolute atomic E-state index is 5.24. The molecule has 1 N–H and O–H groups in total. The SMILES string of the molecule is COc1ccc(Br)c(CNc2cc(C)cc(Br)c2)c1. The van der Waals surface area contributed by atoms with Crippen molar-refractivity contribution in [2.75, 3.05) is 12.4 Å². The van der Waals surface area contributed by atoms with Crippen LogP contribution in [0.25, 0.3) is 0 Å². The third-order valence-electron chi connectivity index (χ3n) is 2.78. The Morgan fingerprint density at radius 1 is 1.11 bits per heavy atom. The summed E-state index contributed by atoms with van der Waals surface area (Å²) in [5.74, 6) is 0.866. The van der Waals surface area contributed by atoms with E-state index in [1.807, 2.05) is 18.2 Å². The Bertz CT molecular complexity index is 564. The summed E-state index contributed by atoms with van der Waals surface area (Å²) in [6.45, 7) is 2.82. The van der Waals surface area contributed by atoms with Gasteiger partial charge in [-0.3, -0.25) is 0 Å². The van der Waals surface area contributed by atoms with Gasteiger partial charge in [-0.25, -0.2) is 0 Å². The largest absolute Gasteiger partial charge is 0.497 e. The van der Waals surface area contributed by atoms with E-state index in [0.29, 0.717) is 0 Å². The van der Waals surface area contributed by atoms with Gasteiger partial charge >= 0.3 is 0 Å². The number of anilines is 1. The van der Waals surface area contributed by atoms with Crippen molar-refractivity contribution >= 4 is 37.5 Å². The summed E-state index contributed by atoms with van der Waals surface area (Å²) < 4.78 is 7.40. The topological polar surface area (TPSA) is 21.3 Å². The molecule has 2 aromatic carbocycles. The molecule has 0 aliphatic carbocycles. The first-order valence-corrected chi connectivity index (χ1v) is 7.50. The fraction of sp³-hybridized carbons (Fsp3) is 0.200. The standard InChI is InChI=1S/C15H15Br2NO/c1-10-5-12(16)8-13(6-10)18-9-11-7-14(19-2)3-4-15(11)17/h3-8,18H,9H2,1-2H3. The van der Waals surface area contributed by atoms with Gasteiger partial charge in [0.1, 0.15) is 5.75 Å². The minimum absolute atomic E-state index is 0.744. The van der Waals surface area contributed by atoms with Crippen LogP contribution in [0.15, 0.2) is 45.3 Å². The summed E-state index contributed by atoms with van der Waals surface area (Å²) in [7, 11) is 1.68. The van der Waals surface area contributed by atoms with Crippen molar-refractivity contribution in [1.82, 2.24) is 0 Å². The summed E-state index contributed by atoms with van der Waals surface area (Å²) in [6, 6.07) is 12.3. The van der Waals surface area contributed by atoms with Gasteiger partial charge in [0, 0.05) is 21.2 Å². The lowest BCUT2D eigenvalue weighted by Gasteiger charge is -2.11. The highest BCUT2D eigenvalue weighted by Crippen LogP contribution is 2.24. The number of hydrogen-bond acceptors (Lipinski definition) is 2. The van der Waals surface area contributed by atoms with Crippen LogP contribution in [-0.4, -0.2) is 7.11 Å². The van der Waals surface area contributed by atoms with Crippen LogP contribution in [0, 0.1) is 6.92 Å². The molecule has 0 aliphatic heterocycles. The van der Waals surface area contributed by atoms with Crippen molar-refractivity contribution in [3.8, 4) is 5.75 Å². The zero-order valence-corrected chi connectivity index (χ0v) is 14.0. The van der Waals surface area contributed by atoms with Crippen LogP contribution in [0.5, 0.6) is 5.75 Å². The molecule has 0 amide bonds. The third kappa shape index (κ3) is 3.98. The molecule has 0 unspecified atom stereocenters. The Balaban J connectivity index is 2.13. The predicted molar refractivity (Wildman–Crippen MR) is 86.9 cm³/mol. The Morgan fingerprint density at radius 2 is 1.89 bits per heavy atom. The van der Waals surface area contributed by atoms with Gasteiger partial charge in [0.05, 0.1) is 7.11 Å². The van der Waals surface area contributed by atoms with E-state index in [1.54, 1.807) is 7.11 Å². The van der Waals surface area contributed by atoms with Gasteiger partial charge in [0.15, 0.2) is 0 Å². The molecule has 4 heteroatoms. The maximum atomic E-state index is 5.24. The fourth-order valence-corrected chi connectivity index (χ4v) is 2.84. The Morgan fingerprint density at radius 3 is 2.58 bits per heavy atom. The fourth-order valence-electron chi connectivity index (χ4n) is 1.85. The van der Waals surface area contributed by atoms with Gasteiger partial charge in [0.25, 0.3) is 0 Å². The van der Waals surface area contributed by atoms with Crippen LogP contribution < -0.4 is 10.1 Å². The van der Waals surface area contributed by atoms with Crippen molar-refractivity contribution < 1.29 is 4.74 Å². The van der Waals surface area contributed by atoms with Gasteiger partial charge in [-0.2, -0.15) is 0 Å². The number of rotatable bonds is 4. The number of ether oxygens (including phenoxy) is 1. The van der Waals surface area contributed by atoms with Crippen LogP contribution in [0.4, 0.5) is 5.69 Å². The Hall–Kier alpha value is -1.00. The predicted octanol–water partition coefficient (Wildman–Crippen LogP) is 5.14. The number of hydrogen-bond donors (Lipinski definition) is 1. The molecule has 0 radical (unpaired) electrons. The van der Waals surface area contributed by atoms with Crippen LogP contribution in [0.1, 0.15) is 11.1 Å². The molecule has 0 saturated carbocycles. The smallest absolute Gasteiger partial charge is 0.119 e. The van der Waals surface area contributed by atoms with E-state index in [2.05, 4.69) is 62.3 Å². The lowest BCUT2D eigenvalue weighted by atomic mass is 10.2. The second kappa shape index (κ2) is 6.44. The second-order valence-electron chi connectivity index (χ2n) is 4.33. The summed E-state index contributed by atoms with van der Waals surface area (Å²) in [4.78, 5) is 0. The number of methoxy groups -OCH3 is 1. The molecule has 0 bridgehead atoms. The first-order chi connectivity index (χ1) is 9.08. The first-order valence-electron chi connectivity index (χ1n) is 5.92. The van der Waals surface area contributed by atoms with E-state index in [-0.39, 0.29) is 0 Å². The minimum atomic E-state index is 0.744. The first kappa shape index (κ1) is 14.4. The Kier molecular flexibility index (Phi) is 4.88. The molecule has 0 atom stereocenters. The van der Waals surface area contributed by atoms with Gasteiger partial charge in [0.2, 0.25) is 0 Å². The summed E-state index contributed by atoms with van der Waals surface area (Å²) in [5.41, 5.74) is 3.49. The molecule has 0 spiro atoms. The molecule has 19 heavy (non-hydrogen) atoms. The highest BCUT2D eigenvalue weighted by molar-refractivity contribution is 9.10. The van der Waals surface area contributed by atoms with Crippen LogP contribution in [-0.2, 0) is 6.54 Å². The van der Waals surface area contributed by atoms with Crippen LogP contribution in [0.3, 0.4) is 0 Å². The van der Waals surface area contributed by atoms with Crippen molar-refractivity contribution in [3.63, 3.8) is 0 Å². The summed E-state index contributed by atoms with van der Waals surface area (Å²) in [5, 5.41) is 3.42. The molecule has 0 heterocycles. The molecular formula is C15H15Br2NO. The molecule has 100 valence electrons. The minimum Gasteiger partial charge on any atom is -0.497 e. The lowest BCUT2D eigenvalue weighted by Crippen LogP contribution is -2.01. The lowest BCUT2D eigenvalue weighted by molar-refractivity contribution is 0.414. The van der Waals surface area contributed by atoms with Crippen molar-refractivity contribution in [1.29, 1.82) is 0 Å². The van der Waals surface area contributed by atoms with Gasteiger partial charge in [-0.05, 0) is 54.4 Å². The zero-order chi connectivity index (χ0) is 13.8. The van der Waals surface area contributed by atoms with Crippen molar-refractivity contribution in [2.24, 2.45) is 0 Å². The quantitative estimate of drug-likeness (QED) is 0.787. The van der Waals surface area contributed by atoms with Gasteiger partial charge < -0.3 is 10.1 Å². The molecule has 0 fully saturated rings. The van der Waals surface area contributed by atoms with E-state index < -0.39 is 0 Å². The van der Waals surface area contributed by atoms with Crippen LogP contribution in [0.2, 0.25) is 0 Å². The number of benzene rings is 2. The van der Waals surface area contributed by atoms with E-state index in [0.717, 1.165) is 32.5 Å². The van der Waals surface area contributed by atoms with Crippen molar-refractivity contribution in [2.45, 2.75) is 13.5 Å². The van der Waals surface area contributed by atoms with Gasteiger partial charge in [-0.1, -0.05) is 31.9 Å². The van der Waals surface area contributed by atoms with E-state index >= 15 is 0 Å². The van der Waals surface area contributed by atoms with Crippen LogP contribution >= 0.6 is 31.9 Å². The highest BCUT2D eigenvalue weighted by Gasteiger charge is 2.03. The molecule has 2 rings (SSSR count). The molecule has 0 aromatic heterocycles. The van der Waals surface area contributed by atoms with Crippen molar-refractivity contribution in [3.05, 3.63) is 56.5 Å². The van der Waals surface area contributed by atoms with E-state index in [1.165, 1.54) is 5.56 Å².